The molecular formula is C18H26N2O. The van der Waals surface area contributed by atoms with Gasteiger partial charge in [0.25, 0.3) is 0 Å². The summed E-state index contributed by atoms with van der Waals surface area (Å²) in [5.41, 5.74) is 2.67. The van der Waals surface area contributed by atoms with Gasteiger partial charge in [0, 0.05) is 25.0 Å². The highest BCUT2D eigenvalue weighted by molar-refractivity contribution is 5.27. The Morgan fingerprint density at radius 2 is 1.90 bits per heavy atom. The van der Waals surface area contributed by atoms with Gasteiger partial charge in [-0.15, -0.1) is 0 Å². The average Bonchev–Trinajstić information content (AvgIpc) is 2.96. The Labute approximate surface area is 127 Å². The van der Waals surface area contributed by atoms with Gasteiger partial charge in [-0.3, -0.25) is 0 Å². The molecule has 0 aliphatic heterocycles. The van der Waals surface area contributed by atoms with E-state index in [2.05, 4.69) is 54.3 Å². The van der Waals surface area contributed by atoms with Crippen LogP contribution in [0.25, 0.3) is 0 Å². The van der Waals surface area contributed by atoms with E-state index in [-0.39, 0.29) is 0 Å². The predicted molar refractivity (Wildman–Crippen MR) is 87.9 cm³/mol. The van der Waals surface area contributed by atoms with Crippen molar-refractivity contribution < 1.29 is 4.74 Å². The molecule has 2 rings (SSSR count). The molecule has 3 heteroatoms. The van der Waals surface area contributed by atoms with Gasteiger partial charge in [0.1, 0.15) is 5.75 Å². The summed E-state index contributed by atoms with van der Waals surface area (Å²) in [5, 5.41) is 3.56. The van der Waals surface area contributed by atoms with Crippen LogP contribution in [0.2, 0.25) is 0 Å². The molecule has 0 radical (unpaired) electrons. The lowest BCUT2D eigenvalue weighted by Crippen LogP contribution is -2.20. The summed E-state index contributed by atoms with van der Waals surface area (Å²) in [6.07, 6.45) is 6.80. The Bertz CT molecular complexity index is 524. The first-order valence-corrected chi connectivity index (χ1v) is 7.78. The fourth-order valence-electron chi connectivity index (χ4n) is 2.63. The molecular weight excluding hydrogens is 260 g/mol. The second-order valence-electron chi connectivity index (χ2n) is 5.36. The van der Waals surface area contributed by atoms with Crippen molar-refractivity contribution in [2.45, 2.75) is 39.3 Å². The fourth-order valence-corrected chi connectivity index (χ4v) is 2.63. The van der Waals surface area contributed by atoms with Crippen LogP contribution in [0.5, 0.6) is 5.75 Å². The summed E-state index contributed by atoms with van der Waals surface area (Å²) >= 11 is 0. The third-order valence-electron chi connectivity index (χ3n) is 3.73. The summed E-state index contributed by atoms with van der Waals surface area (Å²) in [6.45, 7) is 6.30. The van der Waals surface area contributed by atoms with Crippen LogP contribution in [0.15, 0.2) is 42.7 Å². The Morgan fingerprint density at radius 3 is 2.52 bits per heavy atom. The SMILES string of the molecule is CCCC(NCC)c1ccn(Cc2ccc(OC)cc2)c1. The molecule has 3 nitrogen and oxygen atoms in total. The van der Waals surface area contributed by atoms with Crippen molar-refractivity contribution in [2.75, 3.05) is 13.7 Å². The summed E-state index contributed by atoms with van der Waals surface area (Å²) in [4.78, 5) is 0. The number of hydrogen-bond acceptors (Lipinski definition) is 2. The van der Waals surface area contributed by atoms with E-state index in [1.54, 1.807) is 7.11 Å². The molecule has 0 bridgehead atoms. The molecule has 1 N–H and O–H groups in total. The van der Waals surface area contributed by atoms with Crippen molar-refractivity contribution in [3.8, 4) is 5.75 Å². The molecule has 0 spiro atoms. The lowest BCUT2D eigenvalue weighted by atomic mass is 10.1. The van der Waals surface area contributed by atoms with E-state index in [9.17, 15) is 0 Å². The van der Waals surface area contributed by atoms with Crippen molar-refractivity contribution in [3.05, 3.63) is 53.9 Å². The van der Waals surface area contributed by atoms with Crippen molar-refractivity contribution in [1.82, 2.24) is 9.88 Å². The Morgan fingerprint density at radius 1 is 1.14 bits per heavy atom. The van der Waals surface area contributed by atoms with Gasteiger partial charge in [0.15, 0.2) is 0 Å². The maximum absolute atomic E-state index is 5.19. The molecule has 1 unspecified atom stereocenters. The van der Waals surface area contributed by atoms with Crippen LogP contribution < -0.4 is 10.1 Å². The highest BCUT2D eigenvalue weighted by atomic mass is 16.5. The predicted octanol–water partition coefficient (Wildman–Crippen LogP) is 4.00. The summed E-state index contributed by atoms with van der Waals surface area (Å²) in [6, 6.07) is 11.0. The molecule has 1 atom stereocenters. The van der Waals surface area contributed by atoms with Crippen molar-refractivity contribution in [2.24, 2.45) is 0 Å². The quantitative estimate of drug-likeness (QED) is 0.794. The van der Waals surface area contributed by atoms with Gasteiger partial charge in [-0.25, -0.2) is 0 Å². The van der Waals surface area contributed by atoms with Crippen LogP contribution in [0.4, 0.5) is 0 Å². The van der Waals surface area contributed by atoms with E-state index in [1.165, 1.54) is 24.0 Å². The molecule has 114 valence electrons. The monoisotopic (exact) mass is 286 g/mol. The number of nitrogens with zero attached hydrogens (tertiary/aromatic N) is 1. The minimum absolute atomic E-state index is 0.470. The van der Waals surface area contributed by atoms with Crippen LogP contribution in [-0.2, 0) is 6.54 Å². The summed E-state index contributed by atoms with van der Waals surface area (Å²) in [7, 11) is 1.70. The molecule has 0 saturated carbocycles. The first kappa shape index (κ1) is 15.6. The van der Waals surface area contributed by atoms with Gasteiger partial charge in [0.05, 0.1) is 7.11 Å². The Kier molecular flexibility index (Phi) is 5.88. The molecule has 1 aromatic heterocycles. The third-order valence-corrected chi connectivity index (χ3v) is 3.73. The van der Waals surface area contributed by atoms with Gasteiger partial charge in [0.2, 0.25) is 0 Å². The number of aromatic nitrogens is 1. The minimum atomic E-state index is 0.470. The molecule has 0 saturated heterocycles. The summed E-state index contributed by atoms with van der Waals surface area (Å²) in [5.74, 6) is 0.905. The fraction of sp³-hybridized carbons (Fsp3) is 0.444. The smallest absolute Gasteiger partial charge is 0.118 e. The maximum atomic E-state index is 5.19. The zero-order valence-corrected chi connectivity index (χ0v) is 13.3. The van der Waals surface area contributed by atoms with E-state index >= 15 is 0 Å². The first-order chi connectivity index (χ1) is 10.3. The molecule has 0 aliphatic carbocycles. The Hall–Kier alpha value is -1.74. The van der Waals surface area contributed by atoms with E-state index in [0.717, 1.165) is 18.8 Å². The number of ether oxygens (including phenoxy) is 1. The van der Waals surface area contributed by atoms with Crippen molar-refractivity contribution in [1.29, 1.82) is 0 Å². The normalized spacial score (nSPS) is 12.3. The van der Waals surface area contributed by atoms with Gasteiger partial charge in [-0.05, 0) is 42.3 Å². The van der Waals surface area contributed by atoms with Crippen molar-refractivity contribution in [3.63, 3.8) is 0 Å². The number of rotatable bonds is 8. The highest BCUT2D eigenvalue weighted by Crippen LogP contribution is 2.20. The Balaban J connectivity index is 2.04. The molecule has 2 aromatic rings. The second-order valence-corrected chi connectivity index (χ2v) is 5.36. The molecule has 0 amide bonds. The van der Waals surface area contributed by atoms with Crippen LogP contribution in [0, 0.1) is 0 Å². The van der Waals surface area contributed by atoms with Gasteiger partial charge >= 0.3 is 0 Å². The van der Waals surface area contributed by atoms with Gasteiger partial charge < -0.3 is 14.6 Å². The summed E-state index contributed by atoms with van der Waals surface area (Å²) < 4.78 is 7.44. The van der Waals surface area contributed by atoms with E-state index in [1.807, 2.05) is 12.1 Å². The second kappa shape index (κ2) is 7.89. The number of hydrogen-bond donors (Lipinski definition) is 1. The van der Waals surface area contributed by atoms with Crippen LogP contribution in [0.3, 0.4) is 0 Å². The lowest BCUT2D eigenvalue weighted by molar-refractivity contribution is 0.414. The number of methoxy groups -OCH3 is 1. The van der Waals surface area contributed by atoms with Crippen molar-refractivity contribution >= 4 is 0 Å². The van der Waals surface area contributed by atoms with Crippen LogP contribution in [-0.4, -0.2) is 18.2 Å². The largest absolute Gasteiger partial charge is 0.497 e. The maximum Gasteiger partial charge on any atom is 0.118 e. The average molecular weight is 286 g/mol. The molecule has 0 aliphatic rings. The third kappa shape index (κ3) is 4.36. The zero-order chi connectivity index (χ0) is 15.1. The first-order valence-electron chi connectivity index (χ1n) is 7.78. The molecule has 0 fully saturated rings. The minimum Gasteiger partial charge on any atom is -0.497 e. The standard InChI is InChI=1S/C18H26N2O/c1-4-6-18(19-5-2)16-11-12-20(14-16)13-15-7-9-17(21-3)10-8-15/h7-12,14,18-19H,4-6,13H2,1-3H3. The van der Waals surface area contributed by atoms with E-state index < -0.39 is 0 Å². The molecule has 21 heavy (non-hydrogen) atoms. The number of nitrogens with one attached hydrogen (secondary N) is 1. The van der Waals surface area contributed by atoms with E-state index in [0.29, 0.717) is 6.04 Å². The zero-order valence-electron chi connectivity index (χ0n) is 13.3. The lowest BCUT2D eigenvalue weighted by Gasteiger charge is -2.15. The molecule has 1 aromatic carbocycles. The highest BCUT2D eigenvalue weighted by Gasteiger charge is 2.10. The van der Waals surface area contributed by atoms with Gasteiger partial charge in [-0.2, -0.15) is 0 Å². The van der Waals surface area contributed by atoms with Gasteiger partial charge in [-0.1, -0.05) is 32.4 Å². The van der Waals surface area contributed by atoms with Crippen LogP contribution in [0.1, 0.15) is 43.9 Å². The van der Waals surface area contributed by atoms with Crippen LogP contribution >= 0.6 is 0 Å². The number of benzene rings is 1. The molecule has 1 heterocycles. The van der Waals surface area contributed by atoms with E-state index in [4.69, 9.17) is 4.74 Å². The topological polar surface area (TPSA) is 26.2 Å².